The van der Waals surface area contributed by atoms with Gasteiger partial charge in [0.2, 0.25) is 0 Å². The Morgan fingerprint density at radius 3 is 2.55 bits per heavy atom. The van der Waals surface area contributed by atoms with Crippen LogP contribution < -0.4 is 10.1 Å². The second kappa shape index (κ2) is 5.76. The van der Waals surface area contributed by atoms with Crippen LogP contribution in [-0.4, -0.2) is 18.1 Å². The molecule has 20 heavy (non-hydrogen) atoms. The Labute approximate surface area is 116 Å². The first-order valence-electron chi connectivity index (χ1n) is 5.82. The molecule has 0 aliphatic heterocycles. The number of aromatic hydroxyl groups is 1. The Bertz CT molecular complexity index is 673. The number of nitrogens with zero attached hydrogens (tertiary/aromatic N) is 1. The Morgan fingerprint density at radius 1 is 1.25 bits per heavy atom. The second-order valence-corrected chi connectivity index (χ2v) is 4.03. The van der Waals surface area contributed by atoms with Crippen LogP contribution in [0.3, 0.4) is 0 Å². The summed E-state index contributed by atoms with van der Waals surface area (Å²) in [5, 5.41) is 20.7. The van der Waals surface area contributed by atoms with Crippen LogP contribution in [-0.2, 0) is 0 Å². The number of phenolic OH excluding ortho intramolecular Hbond substituents is 1. The highest BCUT2D eigenvalue weighted by molar-refractivity contribution is 6.05. The van der Waals surface area contributed by atoms with Crippen molar-refractivity contribution in [2.24, 2.45) is 0 Å². The standard InChI is InChI=1S/C15H12N2O3/c1-20-14-8-10(9-16)2-7-13(14)17-15(19)11-3-5-12(18)6-4-11/h2-8,18H,1H3,(H,17,19). The molecule has 2 rings (SSSR count). The highest BCUT2D eigenvalue weighted by atomic mass is 16.5. The van der Waals surface area contributed by atoms with Gasteiger partial charge >= 0.3 is 0 Å². The molecule has 0 bridgehead atoms. The van der Waals surface area contributed by atoms with Crippen molar-refractivity contribution in [1.29, 1.82) is 5.26 Å². The van der Waals surface area contributed by atoms with Crippen LogP contribution in [0.4, 0.5) is 5.69 Å². The van der Waals surface area contributed by atoms with Crippen molar-refractivity contribution < 1.29 is 14.6 Å². The highest BCUT2D eigenvalue weighted by Gasteiger charge is 2.10. The van der Waals surface area contributed by atoms with Crippen LogP contribution in [0.25, 0.3) is 0 Å². The molecule has 0 unspecified atom stereocenters. The van der Waals surface area contributed by atoms with E-state index in [1.54, 1.807) is 18.2 Å². The molecule has 0 radical (unpaired) electrons. The van der Waals surface area contributed by atoms with Gasteiger partial charge in [0.05, 0.1) is 24.4 Å². The van der Waals surface area contributed by atoms with Gasteiger partial charge in [-0.25, -0.2) is 0 Å². The maximum Gasteiger partial charge on any atom is 0.255 e. The Morgan fingerprint density at radius 2 is 1.95 bits per heavy atom. The molecule has 2 N–H and O–H groups in total. The minimum absolute atomic E-state index is 0.0949. The molecule has 5 nitrogen and oxygen atoms in total. The monoisotopic (exact) mass is 268 g/mol. The number of nitrogens with one attached hydrogen (secondary N) is 1. The van der Waals surface area contributed by atoms with Crippen LogP contribution in [0.1, 0.15) is 15.9 Å². The number of hydrogen-bond acceptors (Lipinski definition) is 4. The van der Waals surface area contributed by atoms with Crippen molar-refractivity contribution in [3.8, 4) is 17.6 Å². The molecule has 5 heteroatoms. The zero-order valence-corrected chi connectivity index (χ0v) is 10.8. The van der Waals surface area contributed by atoms with Gasteiger partial charge in [-0.2, -0.15) is 5.26 Å². The number of rotatable bonds is 3. The fraction of sp³-hybridized carbons (Fsp3) is 0.0667. The topological polar surface area (TPSA) is 82.3 Å². The molecule has 0 atom stereocenters. The Kier molecular flexibility index (Phi) is 3.87. The smallest absolute Gasteiger partial charge is 0.255 e. The van der Waals surface area contributed by atoms with E-state index in [0.717, 1.165) is 0 Å². The fourth-order valence-electron chi connectivity index (χ4n) is 1.67. The molecule has 0 aromatic heterocycles. The first kappa shape index (κ1) is 13.4. The van der Waals surface area contributed by atoms with E-state index < -0.39 is 0 Å². The summed E-state index contributed by atoms with van der Waals surface area (Å²) in [7, 11) is 1.46. The van der Waals surface area contributed by atoms with Crippen LogP contribution in [0.5, 0.6) is 11.5 Å². The Hall–Kier alpha value is -3.00. The Balaban J connectivity index is 2.23. The van der Waals surface area contributed by atoms with Gasteiger partial charge < -0.3 is 15.2 Å². The van der Waals surface area contributed by atoms with Crippen LogP contribution in [0, 0.1) is 11.3 Å². The second-order valence-electron chi connectivity index (χ2n) is 4.03. The van der Waals surface area contributed by atoms with E-state index in [1.165, 1.54) is 31.4 Å². The third-order valence-corrected chi connectivity index (χ3v) is 2.71. The number of phenols is 1. The van der Waals surface area contributed by atoms with E-state index >= 15 is 0 Å². The summed E-state index contributed by atoms with van der Waals surface area (Å²) < 4.78 is 5.14. The summed E-state index contributed by atoms with van der Waals surface area (Å²) >= 11 is 0. The van der Waals surface area contributed by atoms with Crippen molar-refractivity contribution in [2.45, 2.75) is 0 Å². The summed E-state index contributed by atoms with van der Waals surface area (Å²) in [6.07, 6.45) is 0. The van der Waals surface area contributed by atoms with Crippen LogP contribution in [0.2, 0.25) is 0 Å². The van der Waals surface area contributed by atoms with Crippen LogP contribution in [0.15, 0.2) is 42.5 Å². The average molecular weight is 268 g/mol. The number of hydrogen-bond donors (Lipinski definition) is 2. The zero-order chi connectivity index (χ0) is 14.5. The lowest BCUT2D eigenvalue weighted by Gasteiger charge is -2.10. The quantitative estimate of drug-likeness (QED) is 0.896. The molecular weight excluding hydrogens is 256 g/mol. The first-order chi connectivity index (χ1) is 9.63. The van der Waals surface area contributed by atoms with E-state index in [4.69, 9.17) is 10.00 Å². The summed E-state index contributed by atoms with van der Waals surface area (Å²) in [5.41, 5.74) is 1.34. The van der Waals surface area contributed by atoms with Crippen molar-refractivity contribution >= 4 is 11.6 Å². The van der Waals surface area contributed by atoms with Gasteiger partial charge in [-0.1, -0.05) is 0 Å². The van der Waals surface area contributed by atoms with Crippen molar-refractivity contribution in [3.63, 3.8) is 0 Å². The molecule has 0 aliphatic carbocycles. The number of nitriles is 1. The van der Waals surface area contributed by atoms with Crippen molar-refractivity contribution in [2.75, 3.05) is 12.4 Å². The number of benzene rings is 2. The minimum Gasteiger partial charge on any atom is -0.508 e. The van der Waals surface area contributed by atoms with Gasteiger partial charge in [0, 0.05) is 11.6 Å². The van der Waals surface area contributed by atoms with E-state index in [9.17, 15) is 9.90 Å². The predicted molar refractivity (Wildman–Crippen MR) is 73.8 cm³/mol. The van der Waals surface area contributed by atoms with E-state index in [0.29, 0.717) is 22.6 Å². The van der Waals surface area contributed by atoms with Gasteiger partial charge in [0.15, 0.2) is 0 Å². The molecule has 2 aromatic rings. The van der Waals surface area contributed by atoms with Crippen molar-refractivity contribution in [1.82, 2.24) is 0 Å². The van der Waals surface area contributed by atoms with Gasteiger partial charge in [-0.15, -0.1) is 0 Å². The van der Waals surface area contributed by atoms with Gasteiger partial charge in [0.25, 0.3) is 5.91 Å². The molecule has 2 aromatic carbocycles. The molecule has 1 amide bonds. The number of anilines is 1. The maximum atomic E-state index is 12.0. The van der Waals surface area contributed by atoms with Crippen LogP contribution >= 0.6 is 0 Å². The summed E-state index contributed by atoms with van der Waals surface area (Å²) in [6.45, 7) is 0. The predicted octanol–water partition coefficient (Wildman–Crippen LogP) is 2.52. The SMILES string of the molecule is COc1cc(C#N)ccc1NC(=O)c1ccc(O)cc1. The molecule has 0 fully saturated rings. The van der Waals surface area contributed by atoms with Crippen molar-refractivity contribution in [3.05, 3.63) is 53.6 Å². The molecule has 100 valence electrons. The van der Waals surface area contributed by atoms with E-state index in [-0.39, 0.29) is 11.7 Å². The number of carbonyl (C=O) groups excluding carboxylic acids is 1. The largest absolute Gasteiger partial charge is 0.508 e. The number of methoxy groups -OCH3 is 1. The molecule has 0 spiro atoms. The van der Waals surface area contributed by atoms with Gasteiger partial charge in [-0.05, 0) is 36.4 Å². The zero-order valence-electron chi connectivity index (χ0n) is 10.8. The third-order valence-electron chi connectivity index (χ3n) is 2.71. The minimum atomic E-state index is -0.326. The molecule has 0 saturated heterocycles. The molecule has 0 saturated carbocycles. The molecular formula is C15H12N2O3. The number of ether oxygens (including phenoxy) is 1. The van der Waals surface area contributed by atoms with Gasteiger partial charge in [0.1, 0.15) is 11.5 Å². The summed E-state index contributed by atoms with van der Waals surface area (Å²) in [4.78, 5) is 12.0. The lowest BCUT2D eigenvalue weighted by molar-refractivity contribution is 0.102. The summed E-state index contributed by atoms with van der Waals surface area (Å²) in [6, 6.07) is 12.6. The lowest BCUT2D eigenvalue weighted by atomic mass is 10.1. The molecule has 0 heterocycles. The normalized spacial score (nSPS) is 9.60. The first-order valence-corrected chi connectivity index (χ1v) is 5.82. The van der Waals surface area contributed by atoms with E-state index in [2.05, 4.69) is 5.32 Å². The average Bonchev–Trinajstić information content (AvgIpc) is 2.48. The van der Waals surface area contributed by atoms with Gasteiger partial charge in [-0.3, -0.25) is 4.79 Å². The van der Waals surface area contributed by atoms with E-state index in [1.807, 2.05) is 6.07 Å². The number of carbonyl (C=O) groups is 1. The maximum absolute atomic E-state index is 12.0. The highest BCUT2D eigenvalue weighted by Crippen LogP contribution is 2.26. The lowest BCUT2D eigenvalue weighted by Crippen LogP contribution is -2.12. The molecule has 0 aliphatic rings. The number of amides is 1. The fourth-order valence-corrected chi connectivity index (χ4v) is 1.67. The third kappa shape index (κ3) is 2.87. The summed E-state index contributed by atoms with van der Waals surface area (Å²) in [5.74, 6) is 0.182.